The zero-order valence-electron chi connectivity index (χ0n) is 17.0. The summed E-state index contributed by atoms with van der Waals surface area (Å²) in [6.07, 6.45) is 4.59. The number of aromatic nitrogens is 3. The van der Waals surface area contributed by atoms with E-state index in [1.165, 1.54) is 6.20 Å². The third-order valence-electron chi connectivity index (χ3n) is 5.38. The molecule has 10 nitrogen and oxygen atoms in total. The number of pyridine rings is 2. The Morgan fingerprint density at radius 1 is 1.45 bits per heavy atom. The quantitative estimate of drug-likeness (QED) is 0.566. The van der Waals surface area contributed by atoms with Crippen molar-refractivity contribution in [1.82, 2.24) is 19.9 Å². The Labute approximate surface area is 178 Å². The third kappa shape index (κ3) is 4.08. The summed E-state index contributed by atoms with van der Waals surface area (Å²) in [5.41, 5.74) is 8.83. The maximum atomic E-state index is 11.0. The van der Waals surface area contributed by atoms with Crippen LogP contribution in [0.2, 0.25) is 0 Å². The number of amides is 1. The van der Waals surface area contributed by atoms with Crippen molar-refractivity contribution >= 4 is 17.4 Å². The van der Waals surface area contributed by atoms with E-state index in [0.717, 1.165) is 16.9 Å². The van der Waals surface area contributed by atoms with Crippen LogP contribution in [-0.2, 0) is 0 Å². The van der Waals surface area contributed by atoms with Gasteiger partial charge in [0.15, 0.2) is 0 Å². The van der Waals surface area contributed by atoms with E-state index in [2.05, 4.69) is 21.5 Å². The molecule has 4 rings (SSSR count). The molecule has 0 aromatic carbocycles. The zero-order valence-corrected chi connectivity index (χ0v) is 17.0. The van der Waals surface area contributed by atoms with Crippen LogP contribution in [0.25, 0.3) is 16.6 Å². The second-order valence-corrected chi connectivity index (χ2v) is 7.35. The maximum absolute atomic E-state index is 11.0. The Kier molecular flexibility index (Phi) is 5.60. The number of nitriles is 1. The number of carboxylic acid groups (broad SMARTS) is 1. The Morgan fingerprint density at radius 2 is 2.29 bits per heavy atom. The minimum absolute atomic E-state index is 0.229. The molecule has 0 bridgehead atoms. The summed E-state index contributed by atoms with van der Waals surface area (Å²) in [6.45, 7) is 3.56. The van der Waals surface area contributed by atoms with Crippen LogP contribution in [0, 0.1) is 11.3 Å². The smallest absolute Gasteiger partial charge is 0.404 e. The summed E-state index contributed by atoms with van der Waals surface area (Å²) in [6, 6.07) is 7.28. The Morgan fingerprint density at radius 3 is 2.97 bits per heavy atom. The van der Waals surface area contributed by atoms with Gasteiger partial charge in [-0.1, -0.05) is 0 Å². The van der Waals surface area contributed by atoms with Gasteiger partial charge in [0, 0.05) is 36.5 Å². The van der Waals surface area contributed by atoms with Crippen molar-refractivity contribution in [1.29, 1.82) is 5.26 Å². The summed E-state index contributed by atoms with van der Waals surface area (Å²) in [5, 5.41) is 25.3. The van der Waals surface area contributed by atoms with Gasteiger partial charge >= 0.3 is 6.09 Å². The van der Waals surface area contributed by atoms with Crippen molar-refractivity contribution in [3.05, 3.63) is 42.4 Å². The van der Waals surface area contributed by atoms with E-state index in [1.54, 1.807) is 16.9 Å². The molecule has 2 atom stereocenters. The molecule has 10 heteroatoms. The molecule has 1 aliphatic rings. The number of piperidine rings is 1. The first-order chi connectivity index (χ1) is 15.0. The topological polar surface area (TPSA) is 142 Å². The highest BCUT2D eigenvalue weighted by Crippen LogP contribution is 2.31. The number of nitrogens with two attached hydrogens (primary N) is 1. The average molecular weight is 421 g/mol. The fourth-order valence-corrected chi connectivity index (χ4v) is 3.87. The number of carbonyl (C=O) groups is 1. The molecule has 1 fully saturated rings. The summed E-state index contributed by atoms with van der Waals surface area (Å²) in [5.74, 6) is 1.38. The molecule has 0 aliphatic carbocycles. The monoisotopic (exact) mass is 421 g/mol. The van der Waals surface area contributed by atoms with E-state index >= 15 is 0 Å². The number of hydrogen-bond acceptors (Lipinski definition) is 7. The molecule has 1 amide bonds. The number of nitrogens with one attached hydrogen (secondary N) is 1. The van der Waals surface area contributed by atoms with E-state index in [0.29, 0.717) is 42.9 Å². The first kappa shape index (κ1) is 20.4. The molecule has 4 heterocycles. The van der Waals surface area contributed by atoms with E-state index in [9.17, 15) is 10.1 Å². The lowest BCUT2D eigenvalue weighted by molar-refractivity contribution is 0.186. The molecule has 1 aliphatic heterocycles. The first-order valence-electron chi connectivity index (χ1n) is 10.0. The van der Waals surface area contributed by atoms with Crippen molar-refractivity contribution in [3.63, 3.8) is 0 Å². The van der Waals surface area contributed by atoms with Crippen LogP contribution in [0.5, 0.6) is 5.75 Å². The summed E-state index contributed by atoms with van der Waals surface area (Å²) in [7, 11) is 0. The molecular formula is C21H23N7O3. The normalized spacial score (nSPS) is 18.5. The number of ether oxygens (including phenoxy) is 1. The molecule has 0 saturated carbocycles. The molecule has 4 N–H and O–H groups in total. The van der Waals surface area contributed by atoms with Crippen LogP contribution in [0.15, 0.2) is 36.8 Å². The minimum Gasteiger partial charge on any atom is -0.492 e. The van der Waals surface area contributed by atoms with Gasteiger partial charge in [0.2, 0.25) is 0 Å². The van der Waals surface area contributed by atoms with Crippen LogP contribution in [0.1, 0.15) is 18.9 Å². The van der Waals surface area contributed by atoms with Gasteiger partial charge in [-0.15, -0.1) is 0 Å². The van der Waals surface area contributed by atoms with E-state index in [-0.39, 0.29) is 12.1 Å². The summed E-state index contributed by atoms with van der Waals surface area (Å²) >= 11 is 0. The van der Waals surface area contributed by atoms with Crippen molar-refractivity contribution in [2.24, 2.45) is 5.73 Å². The highest BCUT2D eigenvalue weighted by atomic mass is 16.5. The zero-order chi connectivity index (χ0) is 22.0. The predicted molar refractivity (Wildman–Crippen MR) is 114 cm³/mol. The van der Waals surface area contributed by atoms with Gasteiger partial charge in [0.05, 0.1) is 36.1 Å². The van der Waals surface area contributed by atoms with E-state index < -0.39 is 6.09 Å². The molecule has 0 radical (unpaired) electrons. The molecule has 31 heavy (non-hydrogen) atoms. The highest BCUT2D eigenvalue weighted by Gasteiger charge is 2.28. The van der Waals surface area contributed by atoms with Gasteiger partial charge in [0.1, 0.15) is 17.6 Å². The SMILES string of the molecule is CCOc1cc(-c2ccc(N3CC[C@H](N)[C@@H](NC(=O)O)C3)nc2)c2c(C#N)cnn2c1. The van der Waals surface area contributed by atoms with Crippen molar-refractivity contribution in [2.75, 3.05) is 24.6 Å². The molecule has 160 valence electrons. The lowest BCUT2D eigenvalue weighted by atomic mass is 10.00. The second kappa shape index (κ2) is 8.49. The lowest BCUT2D eigenvalue weighted by Gasteiger charge is -2.37. The van der Waals surface area contributed by atoms with Crippen LogP contribution < -0.4 is 20.7 Å². The molecule has 0 spiro atoms. The van der Waals surface area contributed by atoms with Gasteiger partial charge in [-0.2, -0.15) is 10.4 Å². The maximum Gasteiger partial charge on any atom is 0.404 e. The molecular weight excluding hydrogens is 398 g/mol. The van der Waals surface area contributed by atoms with Gasteiger partial charge in [0.25, 0.3) is 0 Å². The second-order valence-electron chi connectivity index (χ2n) is 7.35. The Bertz CT molecular complexity index is 1140. The Balaban J connectivity index is 1.65. The van der Waals surface area contributed by atoms with Gasteiger partial charge in [-0.3, -0.25) is 0 Å². The van der Waals surface area contributed by atoms with E-state index in [4.69, 9.17) is 15.6 Å². The first-order valence-corrected chi connectivity index (χ1v) is 10.0. The highest BCUT2D eigenvalue weighted by molar-refractivity contribution is 5.85. The lowest BCUT2D eigenvalue weighted by Crippen LogP contribution is -2.58. The summed E-state index contributed by atoms with van der Waals surface area (Å²) in [4.78, 5) is 17.6. The van der Waals surface area contributed by atoms with Crippen molar-refractivity contribution in [3.8, 4) is 22.9 Å². The summed E-state index contributed by atoms with van der Waals surface area (Å²) < 4.78 is 7.29. The van der Waals surface area contributed by atoms with E-state index in [1.807, 2.05) is 30.0 Å². The molecule has 0 unspecified atom stereocenters. The fraction of sp³-hybridized carbons (Fsp3) is 0.333. The van der Waals surface area contributed by atoms with Crippen molar-refractivity contribution < 1.29 is 14.6 Å². The molecule has 3 aromatic heterocycles. The number of anilines is 1. The van der Waals surface area contributed by atoms with Crippen LogP contribution >= 0.6 is 0 Å². The van der Waals surface area contributed by atoms with Crippen LogP contribution in [-0.4, -0.2) is 57.6 Å². The predicted octanol–water partition coefficient (Wildman–Crippen LogP) is 1.84. The number of rotatable bonds is 5. The number of hydrogen-bond donors (Lipinski definition) is 3. The standard InChI is InChI=1S/C21H23N7O3/c1-2-31-15-7-16(20-14(8-22)10-25-28(20)11-15)13-3-4-19(24-9-13)27-6-5-17(23)18(12-27)26-21(29)30/h3-4,7,9-11,17-18,26H,2,5-6,12,23H2,1H3,(H,29,30)/t17-,18-/m0/s1. The number of fused-ring (bicyclic) bond motifs is 1. The fourth-order valence-electron chi connectivity index (χ4n) is 3.87. The van der Waals surface area contributed by atoms with Gasteiger partial charge < -0.3 is 25.8 Å². The van der Waals surface area contributed by atoms with Gasteiger partial charge in [-0.25, -0.2) is 14.3 Å². The number of nitrogens with zero attached hydrogens (tertiary/aromatic N) is 5. The largest absolute Gasteiger partial charge is 0.492 e. The van der Waals surface area contributed by atoms with Gasteiger partial charge in [-0.05, 0) is 31.5 Å². The molecule has 3 aromatic rings. The van der Waals surface area contributed by atoms with Crippen molar-refractivity contribution in [2.45, 2.75) is 25.4 Å². The molecule has 1 saturated heterocycles. The third-order valence-corrected chi connectivity index (χ3v) is 5.38. The van der Waals surface area contributed by atoms with Crippen LogP contribution in [0.4, 0.5) is 10.6 Å². The average Bonchev–Trinajstić information content (AvgIpc) is 3.18. The minimum atomic E-state index is -1.09. The Hall–Kier alpha value is -3.84. The van der Waals surface area contributed by atoms with Crippen LogP contribution in [0.3, 0.4) is 0 Å².